The number of aryl methyl sites for hydroxylation is 2. The van der Waals surface area contributed by atoms with Gasteiger partial charge in [0.1, 0.15) is 40.6 Å². The largest absolute Gasteiger partial charge is 0.508 e. The average Bonchev–Trinajstić information content (AvgIpc) is 2.90. The van der Waals surface area contributed by atoms with E-state index in [2.05, 4.69) is 0 Å². The molecule has 1 aliphatic heterocycles. The van der Waals surface area contributed by atoms with E-state index in [1.807, 2.05) is 36.4 Å². The van der Waals surface area contributed by atoms with Crippen molar-refractivity contribution in [1.29, 1.82) is 0 Å². The topological polar surface area (TPSA) is 99.4 Å². The number of methoxy groups -OCH3 is 1. The molecule has 1 aliphatic rings. The maximum Gasteiger partial charge on any atom is 0.127 e. The van der Waals surface area contributed by atoms with Gasteiger partial charge in [0, 0.05) is 23.6 Å². The van der Waals surface area contributed by atoms with Crippen LogP contribution in [-0.2, 0) is 12.8 Å². The van der Waals surface area contributed by atoms with Crippen LogP contribution in [0, 0.1) is 0 Å². The predicted octanol–water partition coefficient (Wildman–Crippen LogP) is 6.35. The maximum atomic E-state index is 11.2. The van der Waals surface area contributed by atoms with E-state index >= 15 is 0 Å². The number of hydrogen-bond donors (Lipinski definition) is 4. The predicted molar refractivity (Wildman–Crippen MR) is 141 cm³/mol. The summed E-state index contributed by atoms with van der Waals surface area (Å²) in [5.74, 6) is 1.84. The Morgan fingerprint density at radius 2 is 1.51 bits per heavy atom. The summed E-state index contributed by atoms with van der Waals surface area (Å²) in [6.45, 7) is 0. The Bertz CT molecular complexity index is 1380. The summed E-state index contributed by atoms with van der Waals surface area (Å²) in [5, 5.41) is 40.4. The number of fused-ring (bicyclic) bond motifs is 1. The van der Waals surface area contributed by atoms with Gasteiger partial charge in [-0.3, -0.25) is 0 Å². The summed E-state index contributed by atoms with van der Waals surface area (Å²) in [7, 11) is 1.58. The molecule has 0 saturated carbocycles. The highest BCUT2D eigenvalue weighted by Crippen LogP contribution is 2.43. The van der Waals surface area contributed by atoms with Crippen molar-refractivity contribution in [3.63, 3.8) is 0 Å². The molecule has 0 fully saturated rings. The summed E-state index contributed by atoms with van der Waals surface area (Å²) in [5.41, 5.74) is 4.76. The monoisotopic (exact) mass is 498 g/mol. The number of aromatic hydroxyl groups is 4. The first kappa shape index (κ1) is 24.4. The van der Waals surface area contributed by atoms with Crippen molar-refractivity contribution in [2.45, 2.75) is 37.7 Å². The molecule has 6 nitrogen and oxygen atoms in total. The van der Waals surface area contributed by atoms with E-state index in [1.54, 1.807) is 49.6 Å². The van der Waals surface area contributed by atoms with E-state index in [4.69, 9.17) is 9.47 Å². The van der Waals surface area contributed by atoms with Crippen LogP contribution in [0.1, 0.15) is 52.7 Å². The molecular formula is C31H30O6. The highest BCUT2D eigenvalue weighted by atomic mass is 16.5. The minimum absolute atomic E-state index is 0.140. The zero-order chi connectivity index (χ0) is 25.9. The van der Waals surface area contributed by atoms with E-state index in [0.717, 1.165) is 40.7 Å². The third-order valence-corrected chi connectivity index (χ3v) is 7.06. The number of hydrogen-bond acceptors (Lipinski definition) is 6. The fraction of sp³-hybridized carbons (Fsp3) is 0.226. The molecule has 6 heteroatoms. The third-order valence-electron chi connectivity index (χ3n) is 7.06. The van der Waals surface area contributed by atoms with Crippen LogP contribution in [0.25, 0.3) is 0 Å². The molecule has 0 aliphatic carbocycles. The van der Waals surface area contributed by atoms with Crippen LogP contribution >= 0.6 is 0 Å². The number of phenolic OH excluding ortho intramolecular Hbond substituents is 4. The van der Waals surface area contributed by atoms with Crippen LogP contribution in [0.4, 0.5) is 0 Å². The van der Waals surface area contributed by atoms with Gasteiger partial charge >= 0.3 is 0 Å². The van der Waals surface area contributed by atoms with Gasteiger partial charge in [0.2, 0.25) is 0 Å². The zero-order valence-electron chi connectivity index (χ0n) is 20.6. The molecule has 0 saturated heterocycles. The molecular weight excluding hydrogens is 468 g/mol. The first-order valence-corrected chi connectivity index (χ1v) is 12.4. The smallest absolute Gasteiger partial charge is 0.127 e. The Hall–Kier alpha value is -4.32. The Morgan fingerprint density at radius 3 is 2.22 bits per heavy atom. The van der Waals surface area contributed by atoms with Crippen LogP contribution in [0.3, 0.4) is 0 Å². The second-order valence-electron chi connectivity index (χ2n) is 9.43. The van der Waals surface area contributed by atoms with E-state index in [9.17, 15) is 20.4 Å². The second kappa shape index (κ2) is 10.3. The van der Waals surface area contributed by atoms with Gasteiger partial charge in [-0.25, -0.2) is 0 Å². The average molecular weight is 499 g/mol. The van der Waals surface area contributed by atoms with Crippen molar-refractivity contribution in [3.8, 4) is 34.5 Å². The Kier molecular flexibility index (Phi) is 6.82. The standard InChI is InChI=1S/C31H30O6/c1-36-30-17-25(34)13-6-21(30)7-14-26(19-2-9-23(32)10-3-19)27-16-22-8-15-29(37-31(22)18-28(27)35)20-4-11-24(33)12-5-20/h2-6,9-13,16-18,26,29,32-35H,7-8,14-15H2,1H3. The molecule has 5 rings (SSSR count). The second-order valence-corrected chi connectivity index (χ2v) is 9.43. The van der Waals surface area contributed by atoms with Gasteiger partial charge in [-0.2, -0.15) is 0 Å². The Balaban J connectivity index is 1.45. The van der Waals surface area contributed by atoms with Gasteiger partial charge in [0.15, 0.2) is 0 Å². The Labute approximate surface area is 216 Å². The molecule has 4 aromatic rings. The van der Waals surface area contributed by atoms with Gasteiger partial charge in [-0.1, -0.05) is 30.3 Å². The van der Waals surface area contributed by atoms with Gasteiger partial charge in [-0.15, -0.1) is 0 Å². The third kappa shape index (κ3) is 5.28. The van der Waals surface area contributed by atoms with Gasteiger partial charge in [0.05, 0.1) is 7.11 Å². The fourth-order valence-electron chi connectivity index (χ4n) is 5.09. The lowest BCUT2D eigenvalue weighted by molar-refractivity contribution is 0.175. The number of benzene rings is 4. The molecule has 1 heterocycles. The van der Waals surface area contributed by atoms with E-state index in [0.29, 0.717) is 24.3 Å². The molecule has 37 heavy (non-hydrogen) atoms. The lowest BCUT2D eigenvalue weighted by atomic mass is 9.84. The van der Waals surface area contributed by atoms with Crippen molar-refractivity contribution in [1.82, 2.24) is 0 Å². The number of rotatable bonds is 7. The molecule has 4 N–H and O–H groups in total. The van der Waals surface area contributed by atoms with Crippen molar-refractivity contribution in [2.75, 3.05) is 7.11 Å². The van der Waals surface area contributed by atoms with E-state index in [-0.39, 0.29) is 35.0 Å². The maximum absolute atomic E-state index is 11.2. The molecule has 0 amide bonds. The molecule has 0 bridgehead atoms. The molecule has 2 unspecified atom stereocenters. The van der Waals surface area contributed by atoms with Crippen LogP contribution in [0.15, 0.2) is 78.9 Å². The van der Waals surface area contributed by atoms with Crippen LogP contribution in [-0.4, -0.2) is 27.5 Å². The van der Waals surface area contributed by atoms with E-state index < -0.39 is 0 Å². The highest BCUT2D eigenvalue weighted by Gasteiger charge is 2.26. The van der Waals surface area contributed by atoms with Crippen molar-refractivity contribution < 1.29 is 29.9 Å². The summed E-state index contributed by atoms with van der Waals surface area (Å²) in [6, 6.07) is 22.9. The van der Waals surface area contributed by atoms with Gasteiger partial charge in [0.25, 0.3) is 0 Å². The van der Waals surface area contributed by atoms with Crippen molar-refractivity contribution in [2.24, 2.45) is 0 Å². The van der Waals surface area contributed by atoms with Crippen molar-refractivity contribution in [3.05, 3.63) is 107 Å². The molecule has 2 atom stereocenters. The van der Waals surface area contributed by atoms with Crippen molar-refractivity contribution >= 4 is 0 Å². The quantitative estimate of drug-likeness (QED) is 0.237. The van der Waals surface area contributed by atoms with Crippen LogP contribution in [0.2, 0.25) is 0 Å². The molecule has 4 aromatic carbocycles. The summed E-state index contributed by atoms with van der Waals surface area (Å²) < 4.78 is 11.7. The van der Waals surface area contributed by atoms with Gasteiger partial charge in [-0.05, 0) is 84.3 Å². The minimum Gasteiger partial charge on any atom is -0.508 e. The van der Waals surface area contributed by atoms with Crippen LogP contribution in [0.5, 0.6) is 34.5 Å². The fourth-order valence-corrected chi connectivity index (χ4v) is 5.09. The highest BCUT2D eigenvalue weighted by molar-refractivity contribution is 5.52. The van der Waals surface area contributed by atoms with E-state index in [1.165, 1.54) is 0 Å². The van der Waals surface area contributed by atoms with Crippen LogP contribution < -0.4 is 9.47 Å². The SMILES string of the molecule is COc1cc(O)ccc1CCC(c1ccc(O)cc1)c1cc2c(cc1O)OC(c1ccc(O)cc1)CC2. The summed E-state index contributed by atoms with van der Waals surface area (Å²) >= 11 is 0. The van der Waals surface area contributed by atoms with Gasteiger partial charge < -0.3 is 29.9 Å². The zero-order valence-corrected chi connectivity index (χ0v) is 20.6. The lowest BCUT2D eigenvalue weighted by Crippen LogP contribution is -2.16. The Morgan fingerprint density at radius 1 is 0.838 bits per heavy atom. The summed E-state index contributed by atoms with van der Waals surface area (Å²) in [4.78, 5) is 0. The number of ether oxygens (including phenoxy) is 2. The first-order valence-electron chi connectivity index (χ1n) is 12.4. The normalized spacial score (nSPS) is 15.4. The first-order chi connectivity index (χ1) is 17.9. The molecule has 0 radical (unpaired) electrons. The minimum atomic E-state index is -0.145. The molecule has 0 aromatic heterocycles. The summed E-state index contributed by atoms with van der Waals surface area (Å²) in [6.07, 6.45) is 2.77. The molecule has 190 valence electrons. The lowest BCUT2D eigenvalue weighted by Gasteiger charge is -2.28. The molecule has 0 spiro atoms. The number of phenols is 4.